The molecule has 7 heteroatoms. The fourth-order valence-corrected chi connectivity index (χ4v) is 3.91. The molecule has 0 spiro atoms. The molecule has 19 heavy (non-hydrogen) atoms. The summed E-state index contributed by atoms with van der Waals surface area (Å²) >= 11 is 11.6. The maximum absolute atomic E-state index is 12.1. The number of benzene rings is 1. The minimum absolute atomic E-state index is 0.101. The van der Waals surface area contributed by atoms with Crippen molar-refractivity contribution in [3.63, 3.8) is 0 Å². The second kappa shape index (κ2) is 6.41. The van der Waals surface area contributed by atoms with Gasteiger partial charge in [-0.25, -0.2) is 13.1 Å². The van der Waals surface area contributed by atoms with Gasteiger partial charge in [-0.3, -0.25) is 0 Å². The van der Waals surface area contributed by atoms with Crippen LogP contribution in [0.5, 0.6) is 0 Å². The molecule has 0 radical (unpaired) electrons. The molecule has 106 valence electrons. The van der Waals surface area contributed by atoms with E-state index in [0.29, 0.717) is 22.6 Å². The lowest BCUT2D eigenvalue weighted by atomic mass is 10.2. The van der Waals surface area contributed by atoms with Crippen molar-refractivity contribution < 1.29 is 8.42 Å². The molecule has 1 fully saturated rings. The van der Waals surface area contributed by atoms with Gasteiger partial charge in [0, 0.05) is 22.6 Å². The van der Waals surface area contributed by atoms with Gasteiger partial charge in [0.15, 0.2) is 0 Å². The van der Waals surface area contributed by atoms with Crippen molar-refractivity contribution in [1.29, 1.82) is 0 Å². The van der Waals surface area contributed by atoms with Crippen LogP contribution in [-0.4, -0.2) is 27.5 Å². The van der Waals surface area contributed by atoms with Gasteiger partial charge in [0.25, 0.3) is 0 Å². The van der Waals surface area contributed by atoms with E-state index in [1.54, 1.807) is 0 Å². The van der Waals surface area contributed by atoms with Gasteiger partial charge in [-0.15, -0.1) is 0 Å². The third kappa shape index (κ3) is 4.33. The van der Waals surface area contributed by atoms with Gasteiger partial charge >= 0.3 is 0 Å². The highest BCUT2D eigenvalue weighted by atomic mass is 35.5. The Kier molecular flexibility index (Phi) is 5.09. The fraction of sp³-hybridized carbons (Fsp3) is 0.500. The minimum atomic E-state index is -3.54. The molecular formula is C12H16Cl2N2O2S. The zero-order chi connectivity index (χ0) is 13.9. The lowest BCUT2D eigenvalue weighted by molar-refractivity contribution is 0.539. The second-order valence-corrected chi connectivity index (χ2v) is 7.22. The van der Waals surface area contributed by atoms with Crippen molar-refractivity contribution in [1.82, 2.24) is 10.0 Å². The van der Waals surface area contributed by atoms with E-state index < -0.39 is 10.0 Å². The number of halogens is 2. The molecule has 0 saturated carbocycles. The zero-order valence-corrected chi connectivity index (χ0v) is 12.7. The Morgan fingerprint density at radius 2 is 1.95 bits per heavy atom. The summed E-state index contributed by atoms with van der Waals surface area (Å²) in [5.41, 5.74) is 0. The van der Waals surface area contributed by atoms with E-state index in [2.05, 4.69) is 10.0 Å². The molecule has 2 rings (SSSR count). The third-order valence-electron chi connectivity index (χ3n) is 3.09. The molecule has 0 amide bonds. The van der Waals surface area contributed by atoms with E-state index in [-0.39, 0.29) is 4.90 Å². The van der Waals surface area contributed by atoms with Crippen LogP contribution in [0.3, 0.4) is 0 Å². The smallest absolute Gasteiger partial charge is 0.240 e. The van der Waals surface area contributed by atoms with Crippen molar-refractivity contribution >= 4 is 33.2 Å². The molecule has 0 unspecified atom stereocenters. The third-order valence-corrected chi connectivity index (χ3v) is 4.97. The SMILES string of the molecule is O=S(=O)(NCC[C@@H]1CCCN1)c1cc(Cl)cc(Cl)c1. The summed E-state index contributed by atoms with van der Waals surface area (Å²) < 4.78 is 26.7. The van der Waals surface area contributed by atoms with E-state index in [9.17, 15) is 8.42 Å². The monoisotopic (exact) mass is 322 g/mol. The first-order valence-electron chi connectivity index (χ1n) is 6.16. The molecular weight excluding hydrogens is 307 g/mol. The molecule has 0 aromatic heterocycles. The van der Waals surface area contributed by atoms with Gasteiger partial charge in [-0.05, 0) is 44.0 Å². The van der Waals surface area contributed by atoms with Gasteiger partial charge in [-0.1, -0.05) is 23.2 Å². The van der Waals surface area contributed by atoms with Gasteiger partial charge in [0.2, 0.25) is 10.0 Å². The predicted octanol–water partition coefficient (Wildman–Crippen LogP) is 2.41. The van der Waals surface area contributed by atoms with Crippen molar-refractivity contribution in [2.75, 3.05) is 13.1 Å². The summed E-state index contributed by atoms with van der Waals surface area (Å²) in [6.45, 7) is 1.42. The molecule has 1 saturated heterocycles. The normalized spacial score (nSPS) is 19.8. The van der Waals surface area contributed by atoms with E-state index in [0.717, 1.165) is 25.8 Å². The maximum Gasteiger partial charge on any atom is 0.240 e. The van der Waals surface area contributed by atoms with Crippen molar-refractivity contribution in [3.8, 4) is 0 Å². The van der Waals surface area contributed by atoms with Gasteiger partial charge in [-0.2, -0.15) is 0 Å². The van der Waals surface area contributed by atoms with Crippen LogP contribution >= 0.6 is 23.2 Å². The number of hydrogen-bond acceptors (Lipinski definition) is 3. The Labute approximate surface area is 123 Å². The quantitative estimate of drug-likeness (QED) is 0.875. The van der Waals surface area contributed by atoms with Crippen LogP contribution in [0.4, 0.5) is 0 Å². The van der Waals surface area contributed by atoms with Crippen LogP contribution in [0.25, 0.3) is 0 Å². The largest absolute Gasteiger partial charge is 0.314 e. The average molecular weight is 323 g/mol. The molecule has 1 aliphatic heterocycles. The highest BCUT2D eigenvalue weighted by Crippen LogP contribution is 2.22. The van der Waals surface area contributed by atoms with Crippen molar-refractivity contribution in [2.24, 2.45) is 0 Å². The Bertz CT molecular complexity index is 522. The zero-order valence-electron chi connectivity index (χ0n) is 10.3. The molecule has 1 aromatic rings. The Hall–Kier alpha value is -0.330. The standard InChI is InChI=1S/C12H16Cl2N2O2S/c13-9-6-10(14)8-12(7-9)19(17,18)16-5-3-11-2-1-4-15-11/h6-8,11,15-16H,1-5H2/t11-/m0/s1. The number of sulfonamides is 1. The molecule has 1 heterocycles. The fourth-order valence-electron chi connectivity index (χ4n) is 2.14. The second-order valence-electron chi connectivity index (χ2n) is 4.58. The van der Waals surface area contributed by atoms with Crippen LogP contribution in [0.15, 0.2) is 23.1 Å². The topological polar surface area (TPSA) is 58.2 Å². The molecule has 4 nitrogen and oxygen atoms in total. The van der Waals surface area contributed by atoms with Gasteiger partial charge in [0.05, 0.1) is 4.90 Å². The van der Waals surface area contributed by atoms with Gasteiger partial charge < -0.3 is 5.32 Å². The van der Waals surface area contributed by atoms with E-state index in [4.69, 9.17) is 23.2 Å². The Balaban J connectivity index is 1.97. The number of rotatable bonds is 5. The summed E-state index contributed by atoms with van der Waals surface area (Å²) in [6, 6.07) is 4.70. The highest BCUT2D eigenvalue weighted by molar-refractivity contribution is 7.89. The van der Waals surface area contributed by atoms with Crippen LogP contribution in [-0.2, 0) is 10.0 Å². The Morgan fingerprint density at radius 1 is 1.26 bits per heavy atom. The molecule has 1 aliphatic rings. The summed E-state index contributed by atoms with van der Waals surface area (Å²) in [6.07, 6.45) is 3.04. The molecule has 1 atom stereocenters. The van der Waals surface area contributed by atoms with E-state index >= 15 is 0 Å². The summed E-state index contributed by atoms with van der Waals surface area (Å²) in [4.78, 5) is 0.101. The summed E-state index contributed by atoms with van der Waals surface area (Å²) in [5.74, 6) is 0. The molecule has 0 aliphatic carbocycles. The number of hydrogen-bond donors (Lipinski definition) is 2. The average Bonchev–Trinajstić information content (AvgIpc) is 2.80. The summed E-state index contributed by atoms with van der Waals surface area (Å²) in [5, 5.41) is 3.94. The van der Waals surface area contributed by atoms with Crippen molar-refractivity contribution in [3.05, 3.63) is 28.2 Å². The maximum atomic E-state index is 12.1. The van der Waals surface area contributed by atoms with Crippen LogP contribution in [0.2, 0.25) is 10.0 Å². The van der Waals surface area contributed by atoms with Crippen LogP contribution < -0.4 is 10.0 Å². The van der Waals surface area contributed by atoms with E-state index in [1.165, 1.54) is 18.2 Å². The molecule has 1 aromatic carbocycles. The molecule has 2 N–H and O–H groups in total. The highest BCUT2D eigenvalue weighted by Gasteiger charge is 2.18. The van der Waals surface area contributed by atoms with Crippen LogP contribution in [0, 0.1) is 0 Å². The van der Waals surface area contributed by atoms with Crippen molar-refractivity contribution in [2.45, 2.75) is 30.2 Å². The predicted molar refractivity (Wildman–Crippen MR) is 77.3 cm³/mol. The lowest BCUT2D eigenvalue weighted by Gasteiger charge is -2.11. The first-order valence-corrected chi connectivity index (χ1v) is 8.40. The Morgan fingerprint density at radius 3 is 2.53 bits per heavy atom. The van der Waals surface area contributed by atoms with Crippen LogP contribution in [0.1, 0.15) is 19.3 Å². The first-order chi connectivity index (χ1) is 8.97. The first kappa shape index (κ1) is 15.1. The van der Waals surface area contributed by atoms with Gasteiger partial charge in [0.1, 0.15) is 0 Å². The number of nitrogens with one attached hydrogen (secondary N) is 2. The lowest BCUT2D eigenvalue weighted by Crippen LogP contribution is -2.30. The minimum Gasteiger partial charge on any atom is -0.314 e. The molecule has 0 bridgehead atoms. The van der Waals surface area contributed by atoms with E-state index in [1.807, 2.05) is 0 Å². The summed E-state index contributed by atoms with van der Waals surface area (Å²) in [7, 11) is -3.54.